The number of aromatic nitrogens is 1. The van der Waals surface area contributed by atoms with Gasteiger partial charge in [-0.2, -0.15) is 0 Å². The number of hydrogen-bond donors (Lipinski definition) is 0. The molecule has 0 atom stereocenters. The molecule has 0 amide bonds. The molecule has 2 rings (SSSR count). The lowest BCUT2D eigenvalue weighted by molar-refractivity contribution is 0.687. The first kappa shape index (κ1) is 5.71. The fourth-order valence-corrected chi connectivity index (χ4v) is 1.21. The molecule has 1 aliphatic rings. The average molecular weight is 133 g/mol. The smallest absolute Gasteiger partial charge is 0.0789 e. The SMILES string of the molecule is c1cnc2c(c1)[N]CCC2. The van der Waals surface area contributed by atoms with E-state index in [2.05, 4.69) is 10.3 Å². The third-order valence-corrected chi connectivity index (χ3v) is 1.72. The van der Waals surface area contributed by atoms with Gasteiger partial charge in [-0.15, -0.1) is 0 Å². The van der Waals surface area contributed by atoms with Crippen LogP contribution in [0.25, 0.3) is 0 Å². The predicted octanol–water partition coefficient (Wildman–Crippen LogP) is 1.26. The van der Waals surface area contributed by atoms with Gasteiger partial charge in [-0.1, -0.05) is 0 Å². The number of pyridine rings is 1. The van der Waals surface area contributed by atoms with Crippen LogP contribution in [0.3, 0.4) is 0 Å². The Kier molecular flexibility index (Phi) is 1.31. The van der Waals surface area contributed by atoms with E-state index < -0.39 is 0 Å². The molecular formula is C8H9N2. The highest BCUT2D eigenvalue weighted by molar-refractivity contribution is 5.41. The molecule has 51 valence electrons. The summed E-state index contributed by atoms with van der Waals surface area (Å²) in [5, 5.41) is 4.33. The van der Waals surface area contributed by atoms with Crippen molar-refractivity contribution >= 4 is 5.69 Å². The molecule has 0 saturated carbocycles. The Balaban J connectivity index is 2.41. The molecule has 0 bridgehead atoms. The number of fused-ring (bicyclic) bond motifs is 1. The highest BCUT2D eigenvalue weighted by Crippen LogP contribution is 2.17. The van der Waals surface area contributed by atoms with Gasteiger partial charge in [-0.25, -0.2) is 0 Å². The summed E-state index contributed by atoms with van der Waals surface area (Å²) in [5.74, 6) is 0. The van der Waals surface area contributed by atoms with Gasteiger partial charge in [0.05, 0.1) is 11.4 Å². The van der Waals surface area contributed by atoms with Gasteiger partial charge in [0.25, 0.3) is 0 Å². The molecule has 1 aromatic heterocycles. The molecule has 2 heterocycles. The standard InChI is InChI=1S/C8H9N2/c1-3-7-8(9-5-1)4-2-6-10-7/h1,3,5H,2,4,6H2. The van der Waals surface area contributed by atoms with Crippen LogP contribution in [0.1, 0.15) is 12.1 Å². The molecular weight excluding hydrogens is 124 g/mol. The zero-order valence-electron chi connectivity index (χ0n) is 5.75. The van der Waals surface area contributed by atoms with E-state index in [1.807, 2.05) is 18.3 Å². The Morgan fingerprint density at radius 3 is 3.30 bits per heavy atom. The van der Waals surface area contributed by atoms with Gasteiger partial charge in [0, 0.05) is 12.7 Å². The van der Waals surface area contributed by atoms with Crippen molar-refractivity contribution in [2.75, 3.05) is 6.54 Å². The maximum Gasteiger partial charge on any atom is 0.0789 e. The van der Waals surface area contributed by atoms with Gasteiger partial charge in [0.15, 0.2) is 0 Å². The van der Waals surface area contributed by atoms with Gasteiger partial charge in [-0.05, 0) is 25.0 Å². The molecule has 0 unspecified atom stereocenters. The summed E-state index contributed by atoms with van der Waals surface area (Å²) in [5.41, 5.74) is 2.25. The van der Waals surface area contributed by atoms with Crippen molar-refractivity contribution in [1.82, 2.24) is 10.3 Å². The second kappa shape index (κ2) is 2.29. The molecule has 2 heteroatoms. The molecule has 0 saturated heterocycles. The van der Waals surface area contributed by atoms with Crippen molar-refractivity contribution in [3.8, 4) is 0 Å². The normalized spacial score (nSPS) is 15.6. The van der Waals surface area contributed by atoms with E-state index >= 15 is 0 Å². The van der Waals surface area contributed by atoms with Crippen LogP contribution in [0.2, 0.25) is 0 Å². The fourth-order valence-electron chi connectivity index (χ4n) is 1.21. The van der Waals surface area contributed by atoms with Crippen molar-refractivity contribution in [3.63, 3.8) is 0 Å². The first-order chi connectivity index (χ1) is 4.97. The van der Waals surface area contributed by atoms with Crippen LogP contribution in [0.4, 0.5) is 5.69 Å². The lowest BCUT2D eigenvalue weighted by atomic mass is 10.1. The topological polar surface area (TPSA) is 27.0 Å². The molecule has 0 aromatic carbocycles. The maximum atomic E-state index is 4.33. The summed E-state index contributed by atoms with van der Waals surface area (Å²) < 4.78 is 0. The first-order valence-corrected chi connectivity index (χ1v) is 3.58. The zero-order chi connectivity index (χ0) is 6.81. The predicted molar refractivity (Wildman–Crippen MR) is 39.2 cm³/mol. The summed E-state index contributed by atoms with van der Waals surface area (Å²) in [6.45, 7) is 0.971. The summed E-state index contributed by atoms with van der Waals surface area (Å²) in [6.07, 6.45) is 4.09. The van der Waals surface area contributed by atoms with Crippen molar-refractivity contribution in [1.29, 1.82) is 0 Å². The Morgan fingerprint density at radius 1 is 1.40 bits per heavy atom. The van der Waals surface area contributed by atoms with Crippen LogP contribution < -0.4 is 5.32 Å². The minimum Gasteiger partial charge on any atom is -0.283 e. The van der Waals surface area contributed by atoms with Crippen LogP contribution in [0.5, 0.6) is 0 Å². The van der Waals surface area contributed by atoms with Crippen LogP contribution >= 0.6 is 0 Å². The Hall–Kier alpha value is -1.05. The molecule has 0 fully saturated rings. The van der Waals surface area contributed by atoms with Gasteiger partial charge < -0.3 is 0 Å². The van der Waals surface area contributed by atoms with Crippen molar-refractivity contribution in [2.45, 2.75) is 12.8 Å². The number of rotatable bonds is 0. The van der Waals surface area contributed by atoms with Crippen LogP contribution in [-0.2, 0) is 6.42 Å². The largest absolute Gasteiger partial charge is 0.283 e. The summed E-state index contributed by atoms with van der Waals surface area (Å²) in [7, 11) is 0. The molecule has 0 spiro atoms. The van der Waals surface area contributed by atoms with Crippen LogP contribution in [0, 0.1) is 0 Å². The van der Waals surface area contributed by atoms with E-state index in [0.29, 0.717) is 0 Å². The van der Waals surface area contributed by atoms with Crippen molar-refractivity contribution in [2.24, 2.45) is 0 Å². The minimum absolute atomic E-state index is 0.971. The quantitative estimate of drug-likeness (QED) is 0.523. The van der Waals surface area contributed by atoms with Crippen LogP contribution in [-0.4, -0.2) is 11.5 Å². The van der Waals surface area contributed by atoms with Gasteiger partial charge in [0.2, 0.25) is 0 Å². The van der Waals surface area contributed by atoms with Gasteiger partial charge in [-0.3, -0.25) is 10.3 Å². The Labute approximate surface area is 60.3 Å². The lowest BCUT2D eigenvalue weighted by Gasteiger charge is -2.12. The third kappa shape index (κ3) is 0.856. The third-order valence-electron chi connectivity index (χ3n) is 1.72. The van der Waals surface area contributed by atoms with E-state index in [1.165, 1.54) is 0 Å². The number of hydrogen-bond acceptors (Lipinski definition) is 1. The van der Waals surface area contributed by atoms with Crippen LogP contribution in [0.15, 0.2) is 18.3 Å². The summed E-state index contributed by atoms with van der Waals surface area (Å²) in [4.78, 5) is 4.23. The zero-order valence-corrected chi connectivity index (χ0v) is 5.75. The van der Waals surface area contributed by atoms with E-state index in [4.69, 9.17) is 0 Å². The van der Waals surface area contributed by atoms with Gasteiger partial charge >= 0.3 is 0 Å². The van der Waals surface area contributed by atoms with E-state index in [9.17, 15) is 0 Å². The Bertz CT molecular complexity index is 207. The molecule has 1 radical (unpaired) electrons. The number of aryl methyl sites for hydroxylation is 1. The van der Waals surface area contributed by atoms with E-state index in [0.717, 1.165) is 30.8 Å². The molecule has 1 aromatic rings. The highest BCUT2D eigenvalue weighted by Gasteiger charge is 2.08. The Morgan fingerprint density at radius 2 is 2.40 bits per heavy atom. The second-order valence-electron chi connectivity index (χ2n) is 2.45. The second-order valence-corrected chi connectivity index (χ2v) is 2.45. The average Bonchev–Trinajstić information content (AvgIpc) is 2.05. The summed E-state index contributed by atoms with van der Waals surface area (Å²) in [6, 6.07) is 3.97. The highest BCUT2D eigenvalue weighted by atomic mass is 14.9. The minimum atomic E-state index is 0.971. The molecule has 0 N–H and O–H groups in total. The molecule has 0 aliphatic carbocycles. The molecule has 1 aliphatic heterocycles. The lowest BCUT2D eigenvalue weighted by Crippen LogP contribution is -2.11. The first-order valence-electron chi connectivity index (χ1n) is 3.58. The molecule has 10 heavy (non-hydrogen) atoms. The van der Waals surface area contributed by atoms with Crippen molar-refractivity contribution in [3.05, 3.63) is 24.0 Å². The monoisotopic (exact) mass is 133 g/mol. The molecule has 2 nitrogen and oxygen atoms in total. The van der Waals surface area contributed by atoms with E-state index in [-0.39, 0.29) is 0 Å². The number of nitrogens with zero attached hydrogens (tertiary/aromatic N) is 2. The maximum absolute atomic E-state index is 4.33. The fraction of sp³-hybridized carbons (Fsp3) is 0.375. The summed E-state index contributed by atoms with van der Waals surface area (Å²) >= 11 is 0. The van der Waals surface area contributed by atoms with Gasteiger partial charge in [0.1, 0.15) is 0 Å². The van der Waals surface area contributed by atoms with E-state index in [1.54, 1.807) is 0 Å². The van der Waals surface area contributed by atoms with Crippen molar-refractivity contribution < 1.29 is 0 Å².